The van der Waals surface area contributed by atoms with Gasteiger partial charge in [-0.25, -0.2) is 0 Å². The molecule has 0 aromatic heterocycles. The van der Waals surface area contributed by atoms with Crippen LogP contribution in [0.4, 0.5) is 0 Å². The van der Waals surface area contributed by atoms with E-state index in [-0.39, 0.29) is 0 Å². The fraction of sp³-hybridized carbons (Fsp3) is 0.333. The first-order chi connectivity index (χ1) is 6.77. The van der Waals surface area contributed by atoms with Crippen LogP contribution in [0.25, 0.3) is 5.70 Å². The molecule has 0 radical (unpaired) electrons. The van der Waals surface area contributed by atoms with Crippen molar-refractivity contribution in [2.24, 2.45) is 0 Å². The van der Waals surface area contributed by atoms with E-state index in [2.05, 4.69) is 51.7 Å². The first kappa shape index (κ1) is 9.78. The largest absolute Gasteiger partial charge is 0.372 e. The zero-order valence-electron chi connectivity index (χ0n) is 8.17. The normalized spacial score (nSPS) is 15.9. The maximum Gasteiger partial charge on any atom is 0.0366 e. The molecule has 1 aliphatic heterocycles. The van der Waals surface area contributed by atoms with Gasteiger partial charge >= 0.3 is 0 Å². The van der Waals surface area contributed by atoms with Gasteiger partial charge in [-0.3, -0.25) is 0 Å². The van der Waals surface area contributed by atoms with Crippen molar-refractivity contribution in [1.29, 1.82) is 0 Å². The second kappa shape index (κ2) is 4.18. The minimum atomic E-state index is 1.12. The van der Waals surface area contributed by atoms with Gasteiger partial charge in [0.25, 0.3) is 0 Å². The summed E-state index contributed by atoms with van der Waals surface area (Å²) < 4.78 is 1.12. The molecule has 0 N–H and O–H groups in total. The topological polar surface area (TPSA) is 3.24 Å². The lowest BCUT2D eigenvalue weighted by Crippen LogP contribution is -2.16. The molecule has 1 heterocycles. The summed E-state index contributed by atoms with van der Waals surface area (Å²) in [5.74, 6) is 0. The van der Waals surface area contributed by atoms with Crippen molar-refractivity contribution in [3.8, 4) is 0 Å². The standard InChI is InChI=1S/C12H14BrN/c1-10(14-8-2-3-9-14)11-4-6-12(13)7-5-11/h4-7H,1-3,8-9H2. The van der Waals surface area contributed by atoms with Crippen LogP contribution in [0.5, 0.6) is 0 Å². The first-order valence-corrected chi connectivity index (χ1v) is 5.76. The lowest BCUT2D eigenvalue weighted by Gasteiger charge is -2.20. The van der Waals surface area contributed by atoms with Gasteiger partial charge in [0.1, 0.15) is 0 Å². The van der Waals surface area contributed by atoms with E-state index in [0.717, 1.165) is 23.3 Å². The maximum atomic E-state index is 4.15. The molecule has 0 atom stereocenters. The van der Waals surface area contributed by atoms with Gasteiger partial charge < -0.3 is 4.90 Å². The number of hydrogen-bond acceptors (Lipinski definition) is 1. The van der Waals surface area contributed by atoms with Crippen LogP contribution in [0.15, 0.2) is 35.3 Å². The average molecular weight is 252 g/mol. The van der Waals surface area contributed by atoms with Crippen molar-refractivity contribution in [2.45, 2.75) is 12.8 Å². The van der Waals surface area contributed by atoms with E-state index in [0.29, 0.717) is 0 Å². The maximum absolute atomic E-state index is 4.15. The molecule has 1 aromatic rings. The molecular weight excluding hydrogens is 238 g/mol. The molecule has 2 heteroatoms. The summed E-state index contributed by atoms with van der Waals surface area (Å²) in [6, 6.07) is 8.36. The van der Waals surface area contributed by atoms with Gasteiger partial charge in [-0.1, -0.05) is 34.6 Å². The Morgan fingerprint density at radius 1 is 1.14 bits per heavy atom. The number of benzene rings is 1. The molecule has 0 saturated carbocycles. The van der Waals surface area contributed by atoms with Gasteiger partial charge in [-0.05, 0) is 30.5 Å². The molecule has 74 valence electrons. The fourth-order valence-corrected chi connectivity index (χ4v) is 2.08. The highest BCUT2D eigenvalue weighted by atomic mass is 79.9. The van der Waals surface area contributed by atoms with E-state index >= 15 is 0 Å². The lowest BCUT2D eigenvalue weighted by molar-refractivity contribution is 0.494. The Morgan fingerprint density at radius 2 is 1.71 bits per heavy atom. The summed E-state index contributed by atoms with van der Waals surface area (Å²) in [4.78, 5) is 2.36. The van der Waals surface area contributed by atoms with Gasteiger partial charge in [-0.15, -0.1) is 0 Å². The number of nitrogens with zero attached hydrogens (tertiary/aromatic N) is 1. The van der Waals surface area contributed by atoms with Crippen LogP contribution < -0.4 is 0 Å². The minimum absolute atomic E-state index is 1.12. The number of halogens is 1. The van der Waals surface area contributed by atoms with Crippen LogP contribution in [-0.2, 0) is 0 Å². The lowest BCUT2D eigenvalue weighted by atomic mass is 10.1. The van der Waals surface area contributed by atoms with Crippen LogP contribution in [0, 0.1) is 0 Å². The Hall–Kier alpha value is -0.760. The van der Waals surface area contributed by atoms with E-state index in [4.69, 9.17) is 0 Å². The number of hydrogen-bond donors (Lipinski definition) is 0. The first-order valence-electron chi connectivity index (χ1n) is 4.97. The highest BCUT2D eigenvalue weighted by Crippen LogP contribution is 2.23. The summed E-state index contributed by atoms with van der Waals surface area (Å²) in [6.45, 7) is 6.47. The van der Waals surface area contributed by atoms with E-state index in [1.54, 1.807) is 0 Å². The highest BCUT2D eigenvalue weighted by molar-refractivity contribution is 9.10. The zero-order valence-corrected chi connectivity index (χ0v) is 9.76. The molecule has 0 bridgehead atoms. The number of rotatable bonds is 2. The quantitative estimate of drug-likeness (QED) is 0.778. The van der Waals surface area contributed by atoms with E-state index in [1.165, 1.54) is 18.4 Å². The molecule has 1 fully saturated rings. The molecular formula is C12H14BrN. The van der Waals surface area contributed by atoms with Crippen LogP contribution in [-0.4, -0.2) is 18.0 Å². The minimum Gasteiger partial charge on any atom is -0.372 e. The molecule has 1 aromatic carbocycles. The molecule has 2 rings (SSSR count). The van der Waals surface area contributed by atoms with Crippen LogP contribution >= 0.6 is 15.9 Å². The van der Waals surface area contributed by atoms with Gasteiger partial charge in [-0.2, -0.15) is 0 Å². The predicted molar refractivity (Wildman–Crippen MR) is 64.0 cm³/mol. The second-order valence-electron chi connectivity index (χ2n) is 3.65. The second-order valence-corrected chi connectivity index (χ2v) is 4.56. The summed E-state index contributed by atoms with van der Waals surface area (Å²) in [5, 5.41) is 0. The molecule has 14 heavy (non-hydrogen) atoms. The van der Waals surface area contributed by atoms with Crippen molar-refractivity contribution >= 4 is 21.6 Å². The van der Waals surface area contributed by atoms with Gasteiger partial charge in [0, 0.05) is 23.3 Å². The Morgan fingerprint density at radius 3 is 2.29 bits per heavy atom. The Balaban J connectivity index is 2.14. The van der Waals surface area contributed by atoms with E-state index in [1.807, 2.05) is 0 Å². The van der Waals surface area contributed by atoms with Crippen LogP contribution in [0.2, 0.25) is 0 Å². The smallest absolute Gasteiger partial charge is 0.0366 e. The van der Waals surface area contributed by atoms with Gasteiger partial charge in [0.15, 0.2) is 0 Å². The summed E-state index contributed by atoms with van der Waals surface area (Å²) in [7, 11) is 0. The van der Waals surface area contributed by atoms with Crippen molar-refractivity contribution in [1.82, 2.24) is 4.90 Å². The monoisotopic (exact) mass is 251 g/mol. The fourth-order valence-electron chi connectivity index (χ4n) is 1.81. The molecule has 0 unspecified atom stereocenters. The third kappa shape index (κ3) is 2.01. The van der Waals surface area contributed by atoms with E-state index < -0.39 is 0 Å². The third-order valence-electron chi connectivity index (χ3n) is 2.67. The Kier molecular flexibility index (Phi) is 2.92. The number of likely N-dealkylation sites (tertiary alicyclic amines) is 1. The van der Waals surface area contributed by atoms with Gasteiger partial charge in [0.2, 0.25) is 0 Å². The summed E-state index contributed by atoms with van der Waals surface area (Å²) >= 11 is 3.43. The summed E-state index contributed by atoms with van der Waals surface area (Å²) in [5.41, 5.74) is 2.39. The van der Waals surface area contributed by atoms with Crippen molar-refractivity contribution < 1.29 is 0 Å². The van der Waals surface area contributed by atoms with Crippen LogP contribution in [0.1, 0.15) is 18.4 Å². The Labute approximate surface area is 93.6 Å². The predicted octanol–water partition coefficient (Wildman–Crippen LogP) is 3.52. The van der Waals surface area contributed by atoms with Crippen molar-refractivity contribution in [2.75, 3.05) is 13.1 Å². The molecule has 0 amide bonds. The average Bonchev–Trinajstić information content (AvgIpc) is 2.71. The van der Waals surface area contributed by atoms with Crippen molar-refractivity contribution in [3.63, 3.8) is 0 Å². The molecule has 1 saturated heterocycles. The van der Waals surface area contributed by atoms with Gasteiger partial charge in [0.05, 0.1) is 0 Å². The molecule has 1 nitrogen and oxygen atoms in total. The highest BCUT2D eigenvalue weighted by Gasteiger charge is 2.13. The van der Waals surface area contributed by atoms with Crippen molar-refractivity contribution in [3.05, 3.63) is 40.9 Å². The summed E-state index contributed by atoms with van der Waals surface area (Å²) in [6.07, 6.45) is 2.60. The molecule has 1 aliphatic rings. The zero-order chi connectivity index (χ0) is 9.97. The third-order valence-corrected chi connectivity index (χ3v) is 3.19. The SMILES string of the molecule is C=C(c1ccc(Br)cc1)N1CCCC1. The Bertz CT molecular complexity index is 323. The van der Waals surface area contributed by atoms with E-state index in [9.17, 15) is 0 Å². The molecule has 0 aliphatic carbocycles. The molecule has 0 spiro atoms. The van der Waals surface area contributed by atoms with Crippen LogP contribution in [0.3, 0.4) is 0 Å².